The summed E-state index contributed by atoms with van der Waals surface area (Å²) in [7, 11) is 0. The summed E-state index contributed by atoms with van der Waals surface area (Å²) >= 11 is 0. The van der Waals surface area contributed by atoms with E-state index in [1.807, 2.05) is 0 Å². The molecule has 1 aromatic rings. The van der Waals surface area contributed by atoms with Gasteiger partial charge in [0, 0.05) is 5.56 Å². The topological polar surface area (TPSA) is 33.4 Å². The second-order valence-corrected chi connectivity index (χ2v) is 2.58. The third kappa shape index (κ3) is 1.32. The van der Waals surface area contributed by atoms with Crippen molar-refractivity contribution in [2.24, 2.45) is 0 Å². The summed E-state index contributed by atoms with van der Waals surface area (Å²) < 4.78 is 40.8. The zero-order chi connectivity index (χ0) is 9.41. The first-order valence-corrected chi connectivity index (χ1v) is 3.17. The SMILES string of the molecule is CC(O)(c1ccoc1)C(F)(F)F. The molecule has 1 unspecified atom stereocenters. The Kier molecular flexibility index (Phi) is 1.91. The van der Waals surface area contributed by atoms with Crippen LogP contribution in [0.25, 0.3) is 0 Å². The first-order valence-electron chi connectivity index (χ1n) is 3.17. The molecule has 0 aliphatic heterocycles. The van der Waals surface area contributed by atoms with E-state index in [2.05, 4.69) is 4.42 Å². The van der Waals surface area contributed by atoms with Crippen LogP contribution >= 0.6 is 0 Å². The highest BCUT2D eigenvalue weighted by molar-refractivity contribution is 5.17. The van der Waals surface area contributed by atoms with Crippen LogP contribution in [0.4, 0.5) is 13.2 Å². The molecule has 0 radical (unpaired) electrons. The van der Waals surface area contributed by atoms with Crippen molar-refractivity contribution >= 4 is 0 Å². The molecule has 1 N–H and O–H groups in total. The molecule has 0 saturated carbocycles. The normalized spacial score (nSPS) is 17.4. The highest BCUT2D eigenvalue weighted by Crippen LogP contribution is 2.38. The zero-order valence-corrected chi connectivity index (χ0v) is 6.22. The van der Waals surface area contributed by atoms with Crippen molar-refractivity contribution in [1.29, 1.82) is 0 Å². The van der Waals surface area contributed by atoms with Gasteiger partial charge in [-0.3, -0.25) is 0 Å². The molecule has 1 atom stereocenters. The summed E-state index contributed by atoms with van der Waals surface area (Å²) in [6.07, 6.45) is -2.74. The molecule has 0 saturated heterocycles. The maximum absolute atomic E-state index is 12.1. The van der Waals surface area contributed by atoms with Crippen molar-refractivity contribution in [1.82, 2.24) is 0 Å². The van der Waals surface area contributed by atoms with E-state index >= 15 is 0 Å². The fraction of sp³-hybridized carbons (Fsp3) is 0.429. The average molecular weight is 180 g/mol. The summed E-state index contributed by atoms with van der Waals surface area (Å²) in [6.45, 7) is 0.678. The summed E-state index contributed by atoms with van der Waals surface area (Å²) in [5.74, 6) is 0. The van der Waals surface area contributed by atoms with Gasteiger partial charge in [0.2, 0.25) is 0 Å². The Morgan fingerprint density at radius 2 is 2.00 bits per heavy atom. The molecule has 0 fully saturated rings. The molecule has 1 heterocycles. The Labute approximate surface area is 66.6 Å². The van der Waals surface area contributed by atoms with Gasteiger partial charge in [0.15, 0.2) is 5.60 Å². The predicted molar refractivity (Wildman–Crippen MR) is 34.3 cm³/mol. The summed E-state index contributed by atoms with van der Waals surface area (Å²) in [5.41, 5.74) is -3.13. The Balaban J connectivity index is 3.02. The van der Waals surface area contributed by atoms with Gasteiger partial charge < -0.3 is 9.52 Å². The standard InChI is InChI=1S/C7H7F3O2/c1-6(11,7(8,9)10)5-2-3-12-4-5/h2-4,11H,1H3. The van der Waals surface area contributed by atoms with Crippen molar-refractivity contribution in [2.75, 3.05) is 0 Å². The lowest BCUT2D eigenvalue weighted by Gasteiger charge is -2.24. The average Bonchev–Trinajstić information content (AvgIpc) is 2.34. The van der Waals surface area contributed by atoms with E-state index in [1.165, 1.54) is 0 Å². The molecule has 0 aromatic carbocycles. The van der Waals surface area contributed by atoms with Gasteiger partial charge in [-0.05, 0) is 13.0 Å². The summed E-state index contributed by atoms with van der Waals surface area (Å²) in [6, 6.07) is 1.08. The van der Waals surface area contributed by atoms with Gasteiger partial charge in [0.25, 0.3) is 0 Å². The second kappa shape index (κ2) is 2.52. The Morgan fingerprint density at radius 1 is 1.42 bits per heavy atom. The molecular formula is C7H7F3O2. The van der Waals surface area contributed by atoms with Crippen LogP contribution in [0, 0.1) is 0 Å². The monoisotopic (exact) mass is 180 g/mol. The molecule has 0 aliphatic rings. The molecule has 12 heavy (non-hydrogen) atoms. The van der Waals surface area contributed by atoms with Crippen LogP contribution in [0.15, 0.2) is 23.0 Å². The predicted octanol–water partition coefficient (Wildman–Crippen LogP) is 2.05. The summed E-state index contributed by atoms with van der Waals surface area (Å²) in [4.78, 5) is 0. The maximum Gasteiger partial charge on any atom is 0.421 e. The molecule has 1 aromatic heterocycles. The van der Waals surface area contributed by atoms with E-state index in [4.69, 9.17) is 5.11 Å². The molecule has 0 bridgehead atoms. The number of halogens is 3. The van der Waals surface area contributed by atoms with Crippen LogP contribution < -0.4 is 0 Å². The van der Waals surface area contributed by atoms with Crippen molar-refractivity contribution in [3.63, 3.8) is 0 Å². The minimum atomic E-state index is -4.68. The van der Waals surface area contributed by atoms with E-state index in [-0.39, 0.29) is 5.56 Å². The maximum atomic E-state index is 12.1. The molecule has 0 aliphatic carbocycles. The van der Waals surface area contributed by atoms with E-state index in [9.17, 15) is 13.2 Å². The van der Waals surface area contributed by atoms with Crippen molar-refractivity contribution < 1.29 is 22.7 Å². The number of hydrogen-bond acceptors (Lipinski definition) is 2. The van der Waals surface area contributed by atoms with Crippen LogP contribution in [0.1, 0.15) is 12.5 Å². The van der Waals surface area contributed by atoms with E-state index in [1.54, 1.807) is 0 Å². The largest absolute Gasteiger partial charge is 0.472 e. The van der Waals surface area contributed by atoms with Crippen molar-refractivity contribution in [3.05, 3.63) is 24.2 Å². The van der Waals surface area contributed by atoms with Gasteiger partial charge >= 0.3 is 6.18 Å². The quantitative estimate of drug-likeness (QED) is 0.717. The third-order valence-corrected chi connectivity index (χ3v) is 1.64. The van der Waals surface area contributed by atoms with Crippen molar-refractivity contribution in [3.8, 4) is 0 Å². The van der Waals surface area contributed by atoms with E-state index < -0.39 is 11.8 Å². The van der Waals surface area contributed by atoms with Crippen LogP contribution in [0.2, 0.25) is 0 Å². The zero-order valence-electron chi connectivity index (χ0n) is 6.22. The lowest BCUT2D eigenvalue weighted by atomic mass is 9.99. The van der Waals surface area contributed by atoms with Crippen LogP contribution in [0.3, 0.4) is 0 Å². The molecule has 0 amide bonds. The Morgan fingerprint density at radius 3 is 2.33 bits per heavy atom. The number of hydrogen-bond donors (Lipinski definition) is 1. The molecule has 5 heteroatoms. The lowest BCUT2D eigenvalue weighted by molar-refractivity contribution is -0.259. The molecule has 2 nitrogen and oxygen atoms in total. The highest BCUT2D eigenvalue weighted by Gasteiger charge is 2.51. The second-order valence-electron chi connectivity index (χ2n) is 2.58. The number of aliphatic hydroxyl groups is 1. The van der Waals surface area contributed by atoms with Crippen LogP contribution in [-0.2, 0) is 5.60 Å². The summed E-state index contributed by atoms with van der Waals surface area (Å²) in [5, 5.41) is 9.03. The van der Waals surface area contributed by atoms with Gasteiger partial charge in [0.1, 0.15) is 0 Å². The van der Waals surface area contributed by atoms with E-state index in [0.29, 0.717) is 6.92 Å². The molecule has 0 spiro atoms. The van der Waals surface area contributed by atoms with E-state index in [0.717, 1.165) is 18.6 Å². The van der Waals surface area contributed by atoms with Crippen LogP contribution in [0.5, 0.6) is 0 Å². The third-order valence-electron chi connectivity index (χ3n) is 1.64. The van der Waals surface area contributed by atoms with Gasteiger partial charge in [0.05, 0.1) is 12.5 Å². The van der Waals surface area contributed by atoms with Crippen molar-refractivity contribution in [2.45, 2.75) is 18.7 Å². The highest BCUT2D eigenvalue weighted by atomic mass is 19.4. The van der Waals surface area contributed by atoms with Crippen LogP contribution in [-0.4, -0.2) is 11.3 Å². The minimum absolute atomic E-state index is 0.296. The first kappa shape index (κ1) is 9.12. The fourth-order valence-corrected chi connectivity index (χ4v) is 0.705. The van der Waals surface area contributed by atoms with Gasteiger partial charge in [-0.2, -0.15) is 13.2 Å². The van der Waals surface area contributed by atoms with Gasteiger partial charge in [-0.25, -0.2) is 0 Å². The number of furan rings is 1. The molecular weight excluding hydrogens is 173 g/mol. The molecule has 68 valence electrons. The Hall–Kier alpha value is -0.970. The van der Waals surface area contributed by atoms with Gasteiger partial charge in [-0.15, -0.1) is 0 Å². The fourth-order valence-electron chi connectivity index (χ4n) is 0.705. The van der Waals surface area contributed by atoms with Gasteiger partial charge in [-0.1, -0.05) is 0 Å². The smallest absolute Gasteiger partial charge is 0.421 e. The Bertz CT molecular complexity index is 248. The lowest BCUT2D eigenvalue weighted by Crippen LogP contribution is -2.38. The minimum Gasteiger partial charge on any atom is -0.472 e. The number of rotatable bonds is 1. The number of alkyl halides is 3. The molecule has 1 rings (SSSR count). The first-order chi connectivity index (χ1) is 5.36.